The number of thiophene rings is 1. The zero-order valence-corrected chi connectivity index (χ0v) is 23.4. The van der Waals surface area contributed by atoms with E-state index in [1.165, 1.54) is 13.2 Å². The predicted molar refractivity (Wildman–Crippen MR) is 153 cm³/mol. The topological polar surface area (TPSA) is 108 Å². The van der Waals surface area contributed by atoms with Crippen LogP contribution in [-0.2, 0) is 14.3 Å². The predicted octanol–water partition coefficient (Wildman–Crippen LogP) is 6.99. The number of esters is 1. The molecule has 1 aromatic heterocycles. The molecule has 2 saturated heterocycles. The number of aromatic carboxylic acids is 1. The molecular weight excluding hydrogens is 544 g/mol. The maximum Gasteiger partial charge on any atom is 0.514 e. The second-order valence-corrected chi connectivity index (χ2v) is 13.1. The van der Waals surface area contributed by atoms with Crippen molar-refractivity contribution in [3.8, 4) is 16.4 Å². The highest BCUT2D eigenvalue weighted by Crippen LogP contribution is 2.54. The molecule has 3 heterocycles. The molecule has 8 rings (SSSR count). The smallest absolute Gasteiger partial charge is 0.493 e. The number of carbonyl (C=O) groups is 3. The normalized spacial score (nSPS) is 24.7. The number of rotatable bonds is 5. The van der Waals surface area contributed by atoms with E-state index in [1.54, 1.807) is 6.92 Å². The van der Waals surface area contributed by atoms with E-state index < -0.39 is 34.8 Å². The van der Waals surface area contributed by atoms with Crippen molar-refractivity contribution in [1.82, 2.24) is 0 Å². The largest absolute Gasteiger partial charge is 0.514 e. The van der Waals surface area contributed by atoms with Crippen molar-refractivity contribution in [2.45, 2.75) is 44.8 Å². The first kappa shape index (κ1) is 25.8. The third-order valence-electron chi connectivity index (χ3n) is 8.84. The van der Waals surface area contributed by atoms with Crippen LogP contribution in [-0.4, -0.2) is 42.5 Å². The second-order valence-electron chi connectivity index (χ2n) is 11.2. The lowest BCUT2D eigenvalue weighted by Crippen LogP contribution is -2.45. The van der Waals surface area contributed by atoms with Crippen molar-refractivity contribution in [2.24, 2.45) is 17.8 Å². The standard InChI is InChI=1S/C32H28O8S/c1-16-27(39-32(36)40-28-18-11-17-12-19(14-18)31(35)38-24(28)13-17)23(37-2)15-22(30(33)34)29(16)41-25-9-5-3-7-20(25)21-8-4-6-10-26(21)41/h3-10,15,17-19,24,28H,11-14H2,1-2H3/p+1. The van der Waals surface area contributed by atoms with Crippen LogP contribution < -0.4 is 9.47 Å². The van der Waals surface area contributed by atoms with E-state index in [0.29, 0.717) is 29.2 Å². The summed E-state index contributed by atoms with van der Waals surface area (Å²) in [6, 6.07) is 17.3. The van der Waals surface area contributed by atoms with Gasteiger partial charge in [-0.05, 0) is 62.8 Å². The molecule has 41 heavy (non-hydrogen) atoms. The van der Waals surface area contributed by atoms with Gasteiger partial charge < -0.3 is 24.1 Å². The zero-order chi connectivity index (χ0) is 28.4. The average Bonchev–Trinajstić information content (AvgIpc) is 3.20. The Bertz CT molecular complexity index is 1690. The fourth-order valence-corrected chi connectivity index (χ4v) is 9.85. The van der Waals surface area contributed by atoms with Crippen molar-refractivity contribution in [3.63, 3.8) is 0 Å². The molecule has 2 aliphatic carbocycles. The second kappa shape index (κ2) is 9.76. The van der Waals surface area contributed by atoms with E-state index in [1.807, 2.05) is 48.5 Å². The van der Waals surface area contributed by atoms with Crippen LogP contribution in [0, 0.1) is 24.7 Å². The zero-order valence-electron chi connectivity index (χ0n) is 22.6. The summed E-state index contributed by atoms with van der Waals surface area (Å²) in [6.45, 7) is 1.75. The number of hydrogen-bond donors (Lipinski definition) is 1. The third kappa shape index (κ3) is 4.13. The lowest BCUT2D eigenvalue weighted by molar-refractivity contribution is -0.156. The molecule has 5 unspecified atom stereocenters. The van der Waals surface area contributed by atoms with Gasteiger partial charge in [-0.15, -0.1) is 0 Å². The van der Waals surface area contributed by atoms with Crippen LogP contribution in [0.5, 0.6) is 11.5 Å². The Labute approximate surface area is 238 Å². The van der Waals surface area contributed by atoms with Gasteiger partial charge in [0.25, 0.3) is 0 Å². The monoisotopic (exact) mass is 573 g/mol. The summed E-state index contributed by atoms with van der Waals surface area (Å²) < 4.78 is 24.9. The van der Waals surface area contributed by atoms with Crippen molar-refractivity contribution >= 4 is 48.7 Å². The van der Waals surface area contributed by atoms with Crippen LogP contribution in [0.25, 0.3) is 25.1 Å². The number of methoxy groups -OCH3 is 1. The van der Waals surface area contributed by atoms with Crippen LogP contribution >= 0.6 is 10.5 Å². The summed E-state index contributed by atoms with van der Waals surface area (Å²) in [5.41, 5.74) is 0.571. The fourth-order valence-electron chi connectivity index (χ4n) is 7.18. The molecule has 4 fully saturated rings. The van der Waals surface area contributed by atoms with Crippen molar-refractivity contribution in [1.29, 1.82) is 0 Å². The van der Waals surface area contributed by atoms with Crippen LogP contribution in [0.1, 0.15) is 41.6 Å². The number of fused-ring (bicyclic) bond motifs is 4. The van der Waals surface area contributed by atoms with E-state index in [0.717, 1.165) is 33.0 Å². The molecule has 4 bridgehead atoms. The Balaban J connectivity index is 1.31. The molecule has 4 aromatic rings. The summed E-state index contributed by atoms with van der Waals surface area (Å²) in [7, 11) is 0.644. The molecule has 0 spiro atoms. The number of ether oxygens (including phenoxy) is 4. The van der Waals surface area contributed by atoms with Crippen LogP contribution in [0.3, 0.4) is 0 Å². The van der Waals surface area contributed by atoms with Crippen molar-refractivity contribution < 1.29 is 38.4 Å². The maximum atomic E-state index is 13.3. The SMILES string of the molecule is COc1cc(C(=O)O)c(-[s+]2c3ccccc3c3ccccc32)c(C)c1OC(=O)OC1C2CC3CC(C2)C(=O)OC1C3. The number of hydrogen-bond acceptors (Lipinski definition) is 7. The number of carbonyl (C=O) groups excluding carboxylic acids is 2. The fraction of sp³-hybridized carbons (Fsp3) is 0.344. The van der Waals surface area contributed by atoms with Crippen molar-refractivity contribution in [3.05, 3.63) is 65.7 Å². The van der Waals surface area contributed by atoms with Gasteiger partial charge >= 0.3 is 18.1 Å². The number of carboxylic acids is 1. The summed E-state index contributed by atoms with van der Waals surface area (Å²) >= 11 is 0. The van der Waals surface area contributed by atoms with E-state index in [2.05, 4.69) is 0 Å². The van der Waals surface area contributed by atoms with Gasteiger partial charge in [0.05, 0.1) is 18.6 Å². The average molecular weight is 574 g/mol. The summed E-state index contributed by atoms with van der Waals surface area (Å²) in [4.78, 5) is 38.9. The summed E-state index contributed by atoms with van der Waals surface area (Å²) in [6.07, 6.45) is 1.07. The molecule has 0 amide bonds. The first-order valence-electron chi connectivity index (χ1n) is 13.8. The molecule has 2 aliphatic heterocycles. The quantitative estimate of drug-likeness (QED) is 0.155. The van der Waals surface area contributed by atoms with Crippen molar-refractivity contribution in [2.75, 3.05) is 7.11 Å². The minimum atomic E-state index is -1.10. The molecule has 5 atom stereocenters. The molecule has 210 valence electrons. The number of benzene rings is 3. The van der Waals surface area contributed by atoms with E-state index >= 15 is 0 Å². The van der Waals surface area contributed by atoms with Crippen LogP contribution in [0.2, 0.25) is 0 Å². The van der Waals surface area contributed by atoms with Gasteiger partial charge in [-0.1, -0.05) is 24.3 Å². The van der Waals surface area contributed by atoms with Gasteiger partial charge in [-0.2, -0.15) is 0 Å². The summed E-state index contributed by atoms with van der Waals surface area (Å²) in [5, 5.41) is 12.4. The van der Waals surface area contributed by atoms with E-state index in [4.69, 9.17) is 18.9 Å². The molecule has 1 N–H and O–H groups in total. The van der Waals surface area contributed by atoms with E-state index in [-0.39, 0.29) is 34.9 Å². The minimum Gasteiger partial charge on any atom is -0.493 e. The van der Waals surface area contributed by atoms with Gasteiger partial charge in [0.2, 0.25) is 4.90 Å². The molecular formula is C32H29O8S+. The Morgan fingerprint density at radius 1 is 0.976 bits per heavy atom. The molecule has 9 heteroatoms. The van der Waals surface area contributed by atoms with Gasteiger partial charge in [0.1, 0.15) is 17.8 Å². The molecule has 8 nitrogen and oxygen atoms in total. The first-order chi connectivity index (χ1) is 19.8. The highest BCUT2D eigenvalue weighted by molar-refractivity contribution is 7.50. The van der Waals surface area contributed by atoms with E-state index in [9.17, 15) is 19.5 Å². The Hall–Kier alpha value is -4.11. The Morgan fingerprint density at radius 3 is 2.32 bits per heavy atom. The Morgan fingerprint density at radius 2 is 1.66 bits per heavy atom. The highest BCUT2D eigenvalue weighted by atomic mass is 32.2. The molecule has 2 saturated carbocycles. The minimum absolute atomic E-state index is 0.0393. The highest BCUT2D eigenvalue weighted by Gasteiger charge is 2.52. The molecule has 3 aromatic carbocycles. The number of carboxylic acid groups (broad SMARTS) is 1. The molecule has 0 radical (unpaired) electrons. The van der Waals surface area contributed by atoms with Crippen LogP contribution in [0.4, 0.5) is 4.79 Å². The van der Waals surface area contributed by atoms with Crippen LogP contribution in [0.15, 0.2) is 54.6 Å². The Kier molecular flexibility index (Phi) is 6.15. The summed E-state index contributed by atoms with van der Waals surface area (Å²) in [5.74, 6) is -0.762. The molecule has 4 aliphatic rings. The van der Waals surface area contributed by atoms with Gasteiger partial charge in [-0.3, -0.25) is 4.79 Å². The lowest BCUT2D eigenvalue weighted by Gasteiger charge is -2.40. The van der Waals surface area contributed by atoms with Gasteiger partial charge in [0, 0.05) is 33.2 Å². The third-order valence-corrected chi connectivity index (χ3v) is 11.4. The lowest BCUT2D eigenvalue weighted by atomic mass is 9.67. The maximum absolute atomic E-state index is 13.3. The van der Waals surface area contributed by atoms with Gasteiger partial charge in [0.15, 0.2) is 20.9 Å². The first-order valence-corrected chi connectivity index (χ1v) is 15.0. The van der Waals surface area contributed by atoms with Gasteiger partial charge in [-0.25, -0.2) is 9.59 Å².